The van der Waals surface area contributed by atoms with Gasteiger partial charge in [-0.1, -0.05) is 17.8 Å². The number of carbonyl (C=O) groups is 1. The summed E-state index contributed by atoms with van der Waals surface area (Å²) in [6.07, 6.45) is 2.25. The van der Waals surface area contributed by atoms with Crippen LogP contribution >= 0.6 is 23.1 Å². The third-order valence-electron chi connectivity index (χ3n) is 4.64. The Kier molecular flexibility index (Phi) is 5.41. The maximum Gasteiger partial charge on any atom is 0.192 e. The fraction of sp³-hybridized carbons (Fsp3) is 0.350. The molecule has 0 saturated heterocycles. The molecular weight excluding hydrogens is 394 g/mol. The number of benzene rings is 1. The zero-order valence-electron chi connectivity index (χ0n) is 15.9. The van der Waals surface area contributed by atoms with E-state index in [0.29, 0.717) is 23.1 Å². The second-order valence-corrected chi connectivity index (χ2v) is 8.83. The summed E-state index contributed by atoms with van der Waals surface area (Å²) in [5.74, 6) is 2.07. The SMILES string of the molecule is COc1ccc(C(=O)C(C)Sc2nnc(-c3cccs3)n2C2CC2)cc1OC. The summed E-state index contributed by atoms with van der Waals surface area (Å²) in [5, 5.41) is 11.3. The Hall–Kier alpha value is -2.32. The number of thiophene rings is 1. The second kappa shape index (κ2) is 7.97. The second-order valence-electron chi connectivity index (χ2n) is 6.58. The van der Waals surface area contributed by atoms with E-state index in [2.05, 4.69) is 20.8 Å². The van der Waals surface area contributed by atoms with Crippen LogP contribution in [0.15, 0.2) is 40.9 Å². The number of nitrogens with zero attached hydrogens (tertiary/aromatic N) is 3. The number of carbonyl (C=O) groups excluding carboxylic acids is 1. The van der Waals surface area contributed by atoms with Gasteiger partial charge in [0.2, 0.25) is 0 Å². The van der Waals surface area contributed by atoms with Gasteiger partial charge in [0.15, 0.2) is 28.3 Å². The molecule has 1 aromatic carbocycles. The Morgan fingerprint density at radius 1 is 1.21 bits per heavy atom. The lowest BCUT2D eigenvalue weighted by Crippen LogP contribution is -2.15. The van der Waals surface area contributed by atoms with Gasteiger partial charge in [0.05, 0.1) is 24.3 Å². The number of hydrogen-bond donors (Lipinski definition) is 0. The number of Topliss-reactive ketones (excluding diaryl/α,β-unsaturated/α-hetero) is 1. The molecule has 0 bridgehead atoms. The van der Waals surface area contributed by atoms with Gasteiger partial charge in [0.1, 0.15) is 0 Å². The molecule has 1 fully saturated rings. The van der Waals surface area contributed by atoms with E-state index < -0.39 is 0 Å². The van der Waals surface area contributed by atoms with Crippen molar-refractivity contribution in [1.82, 2.24) is 14.8 Å². The van der Waals surface area contributed by atoms with Crippen LogP contribution in [0.4, 0.5) is 0 Å². The molecule has 1 aliphatic rings. The molecule has 0 radical (unpaired) electrons. The standard InChI is InChI=1S/C20H21N3O3S2/c1-12(18(24)13-6-9-15(25-2)16(11-13)26-3)28-20-22-21-19(17-5-4-10-27-17)23(20)14-7-8-14/h4-6,9-12,14H,7-8H2,1-3H3. The van der Waals surface area contributed by atoms with Crippen LogP contribution in [0, 0.1) is 0 Å². The molecule has 3 aromatic rings. The Balaban J connectivity index is 1.57. The lowest BCUT2D eigenvalue weighted by Gasteiger charge is -2.13. The lowest BCUT2D eigenvalue weighted by molar-refractivity contribution is 0.0993. The van der Waals surface area contributed by atoms with E-state index in [1.54, 1.807) is 43.8 Å². The summed E-state index contributed by atoms with van der Waals surface area (Å²) in [4.78, 5) is 14.1. The van der Waals surface area contributed by atoms with Crippen LogP contribution in [0.3, 0.4) is 0 Å². The largest absolute Gasteiger partial charge is 0.493 e. The molecule has 1 atom stereocenters. The molecule has 6 nitrogen and oxygen atoms in total. The van der Waals surface area contributed by atoms with E-state index in [9.17, 15) is 4.79 Å². The number of hydrogen-bond acceptors (Lipinski definition) is 7. The number of rotatable bonds is 8. The Morgan fingerprint density at radius 3 is 2.64 bits per heavy atom. The Bertz CT molecular complexity index is 981. The van der Waals surface area contributed by atoms with Gasteiger partial charge >= 0.3 is 0 Å². The van der Waals surface area contributed by atoms with E-state index in [4.69, 9.17) is 9.47 Å². The van der Waals surface area contributed by atoms with Crippen LogP contribution in [0.2, 0.25) is 0 Å². The van der Waals surface area contributed by atoms with Crippen molar-refractivity contribution in [3.8, 4) is 22.2 Å². The van der Waals surface area contributed by atoms with E-state index in [1.165, 1.54) is 11.8 Å². The minimum Gasteiger partial charge on any atom is -0.493 e. The van der Waals surface area contributed by atoms with Crippen molar-refractivity contribution >= 4 is 28.9 Å². The first-order valence-electron chi connectivity index (χ1n) is 9.04. The summed E-state index contributed by atoms with van der Waals surface area (Å²) < 4.78 is 12.8. The summed E-state index contributed by atoms with van der Waals surface area (Å²) >= 11 is 3.11. The average Bonchev–Trinajstić information content (AvgIpc) is 3.24. The molecule has 1 saturated carbocycles. The van der Waals surface area contributed by atoms with Gasteiger partial charge in [-0.05, 0) is 49.4 Å². The van der Waals surface area contributed by atoms with E-state index in [1.807, 2.05) is 18.4 Å². The molecule has 28 heavy (non-hydrogen) atoms. The number of ketones is 1. The van der Waals surface area contributed by atoms with Crippen LogP contribution in [-0.2, 0) is 0 Å². The Labute approximate surface area is 171 Å². The molecular formula is C20H21N3O3S2. The number of ether oxygens (including phenoxy) is 2. The topological polar surface area (TPSA) is 66.2 Å². The fourth-order valence-electron chi connectivity index (χ4n) is 3.03. The predicted octanol–water partition coefficient (Wildman–Crippen LogP) is 4.72. The van der Waals surface area contributed by atoms with Crippen molar-refractivity contribution in [2.45, 2.75) is 36.2 Å². The highest BCUT2D eigenvalue weighted by Crippen LogP contribution is 2.42. The summed E-state index contributed by atoms with van der Waals surface area (Å²) in [6, 6.07) is 9.75. The molecule has 0 aliphatic heterocycles. The van der Waals surface area contributed by atoms with Crippen LogP contribution < -0.4 is 9.47 Å². The van der Waals surface area contributed by atoms with Gasteiger partial charge in [-0.25, -0.2) is 0 Å². The van der Waals surface area contributed by atoms with Crippen LogP contribution in [0.5, 0.6) is 11.5 Å². The van der Waals surface area contributed by atoms with Crippen molar-refractivity contribution in [2.24, 2.45) is 0 Å². The van der Waals surface area contributed by atoms with Crippen molar-refractivity contribution in [3.63, 3.8) is 0 Å². The normalized spacial score (nSPS) is 14.7. The van der Waals surface area contributed by atoms with Crippen molar-refractivity contribution in [3.05, 3.63) is 41.3 Å². The smallest absolute Gasteiger partial charge is 0.192 e. The van der Waals surface area contributed by atoms with Gasteiger partial charge in [-0.2, -0.15) is 0 Å². The van der Waals surface area contributed by atoms with E-state index in [0.717, 1.165) is 28.7 Å². The summed E-state index contributed by atoms with van der Waals surface area (Å²) in [5.41, 5.74) is 0.591. The van der Waals surface area contributed by atoms with Crippen LogP contribution in [0.25, 0.3) is 10.7 Å². The van der Waals surface area contributed by atoms with E-state index in [-0.39, 0.29) is 11.0 Å². The molecule has 2 heterocycles. The van der Waals surface area contributed by atoms with Gasteiger partial charge < -0.3 is 9.47 Å². The molecule has 1 unspecified atom stereocenters. The molecule has 0 spiro atoms. The van der Waals surface area contributed by atoms with Crippen LogP contribution in [0.1, 0.15) is 36.2 Å². The maximum atomic E-state index is 13.0. The highest BCUT2D eigenvalue weighted by Gasteiger charge is 2.32. The monoisotopic (exact) mass is 415 g/mol. The molecule has 2 aromatic heterocycles. The van der Waals surface area contributed by atoms with Crippen molar-refractivity contribution in [2.75, 3.05) is 14.2 Å². The molecule has 0 amide bonds. The first-order valence-corrected chi connectivity index (χ1v) is 10.8. The molecule has 4 rings (SSSR count). The van der Waals surface area contributed by atoms with Crippen LogP contribution in [-0.4, -0.2) is 40.0 Å². The van der Waals surface area contributed by atoms with Crippen molar-refractivity contribution < 1.29 is 14.3 Å². The number of methoxy groups -OCH3 is 2. The first kappa shape index (κ1) is 19.0. The van der Waals surface area contributed by atoms with Gasteiger partial charge in [0.25, 0.3) is 0 Å². The quantitative estimate of drug-likeness (QED) is 0.392. The summed E-state index contributed by atoms with van der Waals surface area (Å²) in [7, 11) is 3.14. The highest BCUT2D eigenvalue weighted by atomic mass is 32.2. The number of aromatic nitrogens is 3. The lowest BCUT2D eigenvalue weighted by atomic mass is 10.1. The first-order chi connectivity index (χ1) is 13.6. The maximum absolute atomic E-state index is 13.0. The van der Waals surface area contributed by atoms with E-state index >= 15 is 0 Å². The van der Waals surface area contributed by atoms with Crippen molar-refractivity contribution in [1.29, 1.82) is 0 Å². The third kappa shape index (κ3) is 3.66. The molecule has 0 N–H and O–H groups in total. The van der Waals surface area contributed by atoms with Gasteiger partial charge in [0, 0.05) is 11.6 Å². The van der Waals surface area contributed by atoms with Gasteiger partial charge in [-0.3, -0.25) is 9.36 Å². The molecule has 146 valence electrons. The van der Waals surface area contributed by atoms with Gasteiger partial charge in [-0.15, -0.1) is 21.5 Å². The Morgan fingerprint density at radius 2 is 2.00 bits per heavy atom. The minimum atomic E-state index is -0.295. The zero-order valence-corrected chi connectivity index (χ0v) is 17.5. The zero-order chi connectivity index (χ0) is 19.7. The molecule has 1 aliphatic carbocycles. The fourth-order valence-corrected chi connectivity index (χ4v) is 4.73. The third-order valence-corrected chi connectivity index (χ3v) is 6.56. The average molecular weight is 416 g/mol. The highest BCUT2D eigenvalue weighted by molar-refractivity contribution is 8.00. The summed E-state index contributed by atoms with van der Waals surface area (Å²) in [6.45, 7) is 1.90. The molecule has 8 heteroatoms. The minimum absolute atomic E-state index is 0.0222. The number of thioether (sulfide) groups is 1. The predicted molar refractivity (Wildman–Crippen MR) is 111 cm³/mol.